The van der Waals surface area contributed by atoms with Gasteiger partial charge in [0.25, 0.3) is 11.8 Å². The van der Waals surface area contributed by atoms with Crippen molar-refractivity contribution in [3.05, 3.63) is 59.9 Å². The molecule has 0 bridgehead atoms. The molecule has 1 aliphatic heterocycles. The minimum atomic E-state index is -1.01. The van der Waals surface area contributed by atoms with Gasteiger partial charge in [-0.25, -0.2) is 9.18 Å². The van der Waals surface area contributed by atoms with Gasteiger partial charge in [-0.15, -0.1) is 0 Å². The Labute approximate surface area is 178 Å². The first-order chi connectivity index (χ1) is 14.8. The van der Waals surface area contributed by atoms with Crippen molar-refractivity contribution in [2.75, 3.05) is 23.4 Å². The third-order valence-electron chi connectivity index (χ3n) is 4.72. The van der Waals surface area contributed by atoms with E-state index in [9.17, 15) is 23.6 Å². The maximum Gasteiger partial charge on any atom is 0.329 e. The number of hydrogen-bond donors (Lipinski definition) is 2. The fourth-order valence-corrected chi connectivity index (χ4v) is 3.08. The molecule has 1 unspecified atom stereocenters. The van der Waals surface area contributed by atoms with E-state index >= 15 is 0 Å². The van der Waals surface area contributed by atoms with Crippen molar-refractivity contribution >= 4 is 35.1 Å². The van der Waals surface area contributed by atoms with E-state index in [-0.39, 0.29) is 23.9 Å². The van der Waals surface area contributed by atoms with Crippen molar-refractivity contribution in [2.24, 2.45) is 5.92 Å². The molecule has 2 N–H and O–H groups in total. The number of carbonyl (C=O) groups is 4. The van der Waals surface area contributed by atoms with Gasteiger partial charge in [0.1, 0.15) is 18.4 Å². The molecule has 0 fully saturated rings. The van der Waals surface area contributed by atoms with Crippen LogP contribution in [0.1, 0.15) is 24.2 Å². The number of nitrogens with one attached hydrogen (secondary N) is 2. The summed E-state index contributed by atoms with van der Waals surface area (Å²) in [6.07, 6.45) is 0. The second-order valence-corrected chi connectivity index (χ2v) is 7.35. The van der Waals surface area contributed by atoms with E-state index in [1.54, 1.807) is 38.1 Å². The van der Waals surface area contributed by atoms with E-state index in [0.717, 1.165) is 12.1 Å². The van der Waals surface area contributed by atoms with Crippen molar-refractivity contribution in [1.29, 1.82) is 0 Å². The molecule has 8 nitrogen and oxygen atoms in total. The van der Waals surface area contributed by atoms with E-state index in [4.69, 9.17) is 4.74 Å². The summed E-state index contributed by atoms with van der Waals surface area (Å²) in [5, 5.41) is 5.22. The van der Waals surface area contributed by atoms with Crippen LogP contribution in [0.2, 0.25) is 0 Å². The molecule has 2 aromatic carbocycles. The van der Waals surface area contributed by atoms with Gasteiger partial charge in [-0.1, -0.05) is 26.0 Å². The smallest absolute Gasteiger partial charge is 0.329 e. The number of benzene rings is 2. The summed E-state index contributed by atoms with van der Waals surface area (Å²) in [4.78, 5) is 50.7. The number of carbonyl (C=O) groups excluding carboxylic acids is 4. The quantitative estimate of drug-likeness (QED) is 0.687. The molecule has 0 saturated heterocycles. The average Bonchev–Trinajstić information content (AvgIpc) is 2.75. The molecule has 1 atom stereocenters. The van der Waals surface area contributed by atoms with Crippen molar-refractivity contribution in [3.63, 3.8) is 0 Å². The van der Waals surface area contributed by atoms with Gasteiger partial charge >= 0.3 is 5.97 Å². The Bertz CT molecular complexity index is 1010. The highest BCUT2D eigenvalue weighted by Crippen LogP contribution is 2.28. The molecule has 31 heavy (non-hydrogen) atoms. The van der Waals surface area contributed by atoms with Gasteiger partial charge in [0, 0.05) is 5.56 Å². The highest BCUT2D eigenvalue weighted by atomic mass is 19.1. The molecule has 1 heterocycles. The molecule has 9 heteroatoms. The van der Waals surface area contributed by atoms with Crippen molar-refractivity contribution in [2.45, 2.75) is 19.9 Å². The highest BCUT2D eigenvalue weighted by molar-refractivity contribution is 6.10. The van der Waals surface area contributed by atoms with Crippen LogP contribution in [0.4, 0.5) is 15.8 Å². The standard InChI is InChI=1S/C22H22FN3O5/c1-13(2)20(25-21(29)14-7-9-15(23)10-8-14)22(30)31-12-19(28)26-11-18(27)24-16-5-3-4-6-17(16)26/h3-10,13,20H,11-12H2,1-2H3,(H,24,27)(H,25,29). The molecule has 0 radical (unpaired) electrons. The van der Waals surface area contributed by atoms with E-state index in [0.29, 0.717) is 11.4 Å². The predicted molar refractivity (Wildman–Crippen MR) is 111 cm³/mol. The Balaban J connectivity index is 1.64. The summed E-state index contributed by atoms with van der Waals surface area (Å²) >= 11 is 0. The van der Waals surface area contributed by atoms with Crippen LogP contribution >= 0.6 is 0 Å². The van der Waals surface area contributed by atoms with Crippen LogP contribution in [0.15, 0.2) is 48.5 Å². The number of para-hydroxylation sites is 2. The third kappa shape index (κ3) is 5.25. The summed E-state index contributed by atoms with van der Waals surface area (Å²) in [6.45, 7) is 2.65. The van der Waals surface area contributed by atoms with Crippen LogP contribution in [0.3, 0.4) is 0 Å². The summed E-state index contributed by atoms with van der Waals surface area (Å²) in [7, 11) is 0. The first-order valence-corrected chi connectivity index (χ1v) is 9.68. The third-order valence-corrected chi connectivity index (χ3v) is 4.72. The maximum atomic E-state index is 13.0. The predicted octanol–water partition coefficient (Wildman–Crippen LogP) is 2.11. The van der Waals surface area contributed by atoms with Crippen LogP contribution in [-0.4, -0.2) is 42.9 Å². The minimum absolute atomic E-state index is 0.187. The van der Waals surface area contributed by atoms with Gasteiger partial charge in [-0.05, 0) is 42.3 Å². The average molecular weight is 427 g/mol. The molecule has 3 amide bonds. The lowest BCUT2D eigenvalue weighted by molar-refractivity contribution is -0.150. The molecule has 0 saturated carbocycles. The van der Waals surface area contributed by atoms with Gasteiger partial charge in [-0.2, -0.15) is 0 Å². The van der Waals surface area contributed by atoms with Crippen LogP contribution in [0.5, 0.6) is 0 Å². The second-order valence-electron chi connectivity index (χ2n) is 7.35. The fraction of sp³-hybridized carbons (Fsp3) is 0.273. The molecule has 0 aromatic heterocycles. The van der Waals surface area contributed by atoms with E-state index in [2.05, 4.69) is 10.6 Å². The summed E-state index contributed by atoms with van der Waals surface area (Å²) < 4.78 is 18.2. The van der Waals surface area contributed by atoms with Crippen molar-refractivity contribution < 1.29 is 28.3 Å². The summed E-state index contributed by atoms with van der Waals surface area (Å²) in [5.74, 6) is -3.08. The number of rotatable bonds is 6. The monoisotopic (exact) mass is 427 g/mol. The molecular weight excluding hydrogens is 405 g/mol. The molecule has 162 valence electrons. The number of fused-ring (bicyclic) bond motifs is 1. The maximum absolute atomic E-state index is 13.0. The number of ether oxygens (including phenoxy) is 1. The summed E-state index contributed by atoms with van der Waals surface area (Å²) in [6, 6.07) is 10.7. The highest BCUT2D eigenvalue weighted by Gasteiger charge is 2.30. The minimum Gasteiger partial charge on any atom is -0.454 e. The molecule has 3 rings (SSSR count). The van der Waals surface area contributed by atoms with E-state index in [1.807, 2.05) is 0 Å². The number of nitrogens with zero attached hydrogens (tertiary/aromatic N) is 1. The lowest BCUT2D eigenvalue weighted by atomic mass is 10.0. The van der Waals surface area contributed by atoms with Crippen LogP contribution in [-0.2, 0) is 19.1 Å². The number of hydrogen-bond acceptors (Lipinski definition) is 5. The Morgan fingerprint density at radius 2 is 1.81 bits per heavy atom. The molecule has 0 aliphatic carbocycles. The summed E-state index contributed by atoms with van der Waals surface area (Å²) in [5.41, 5.74) is 1.19. The second kappa shape index (κ2) is 9.38. The fourth-order valence-electron chi connectivity index (χ4n) is 3.08. The first kappa shape index (κ1) is 21.9. The zero-order valence-corrected chi connectivity index (χ0v) is 17.1. The Morgan fingerprint density at radius 1 is 1.13 bits per heavy atom. The largest absolute Gasteiger partial charge is 0.454 e. The number of halogens is 1. The van der Waals surface area contributed by atoms with Crippen molar-refractivity contribution in [1.82, 2.24) is 5.32 Å². The first-order valence-electron chi connectivity index (χ1n) is 9.68. The lowest BCUT2D eigenvalue weighted by Gasteiger charge is -2.29. The van der Waals surface area contributed by atoms with Crippen molar-refractivity contribution in [3.8, 4) is 0 Å². The molecule has 2 aromatic rings. The normalized spacial score (nSPS) is 13.8. The number of anilines is 2. The number of amides is 3. The molecular formula is C22H22FN3O5. The van der Waals surface area contributed by atoms with Gasteiger partial charge < -0.3 is 15.4 Å². The lowest BCUT2D eigenvalue weighted by Crippen LogP contribution is -2.47. The Kier molecular flexibility index (Phi) is 6.64. The Hall–Kier alpha value is -3.75. The zero-order valence-electron chi connectivity index (χ0n) is 17.1. The Morgan fingerprint density at radius 3 is 2.48 bits per heavy atom. The van der Waals surface area contributed by atoms with Gasteiger partial charge in [0.2, 0.25) is 5.91 Å². The van der Waals surface area contributed by atoms with Gasteiger partial charge in [-0.3, -0.25) is 19.3 Å². The molecule has 1 aliphatic rings. The SMILES string of the molecule is CC(C)C(NC(=O)c1ccc(F)cc1)C(=O)OCC(=O)N1CC(=O)Nc2ccccc21. The zero-order chi connectivity index (χ0) is 22.5. The molecule has 0 spiro atoms. The van der Waals surface area contributed by atoms with Gasteiger partial charge in [0.05, 0.1) is 11.4 Å². The van der Waals surface area contributed by atoms with E-state index < -0.39 is 36.2 Å². The van der Waals surface area contributed by atoms with Crippen LogP contribution < -0.4 is 15.5 Å². The topological polar surface area (TPSA) is 105 Å². The number of esters is 1. The van der Waals surface area contributed by atoms with Crippen LogP contribution in [0.25, 0.3) is 0 Å². The van der Waals surface area contributed by atoms with Gasteiger partial charge in [0.15, 0.2) is 6.61 Å². The van der Waals surface area contributed by atoms with E-state index in [1.165, 1.54) is 17.0 Å². The van der Waals surface area contributed by atoms with Crippen LogP contribution in [0, 0.1) is 11.7 Å².